The molecular formula is C19H26F3IO3Si. The third kappa shape index (κ3) is 6.05. The van der Waals surface area contributed by atoms with Crippen molar-refractivity contribution >= 4 is 36.9 Å². The SMILES string of the molecule is CCC(I)=C(C(=O)O)C(O[Si](CC)(CC)CC)c1ccc(C(F)(F)F)cc1. The van der Waals surface area contributed by atoms with Crippen molar-refractivity contribution in [2.24, 2.45) is 0 Å². The molecule has 152 valence electrons. The molecule has 1 N–H and O–H groups in total. The quantitative estimate of drug-likeness (QED) is 0.220. The second-order valence-electron chi connectivity index (χ2n) is 6.34. The van der Waals surface area contributed by atoms with Crippen LogP contribution in [-0.4, -0.2) is 19.4 Å². The standard InChI is InChI=1S/C19H26F3IO3Si/c1-5-15(23)16(18(24)25)17(26-27(6-2,7-3)8-4)13-9-11-14(12-10-13)19(20,21)22/h9-12,17H,5-8H2,1-4H3,(H,24,25). The van der Waals surface area contributed by atoms with Gasteiger partial charge in [0.15, 0.2) is 8.32 Å². The van der Waals surface area contributed by atoms with Gasteiger partial charge in [-0.1, -0.05) is 39.8 Å². The zero-order valence-electron chi connectivity index (χ0n) is 16.0. The summed E-state index contributed by atoms with van der Waals surface area (Å²) < 4.78 is 45.8. The van der Waals surface area contributed by atoms with E-state index in [1.54, 1.807) is 0 Å². The molecule has 0 aliphatic carbocycles. The first-order valence-electron chi connectivity index (χ1n) is 9.01. The van der Waals surface area contributed by atoms with Crippen molar-refractivity contribution in [1.82, 2.24) is 0 Å². The lowest BCUT2D eigenvalue weighted by Gasteiger charge is -2.34. The smallest absolute Gasteiger partial charge is 0.416 e. The van der Waals surface area contributed by atoms with Crippen LogP contribution in [0.2, 0.25) is 18.1 Å². The van der Waals surface area contributed by atoms with Crippen LogP contribution >= 0.6 is 22.6 Å². The highest BCUT2D eigenvalue weighted by Crippen LogP contribution is 2.38. The zero-order valence-corrected chi connectivity index (χ0v) is 19.1. The fourth-order valence-corrected chi connectivity index (χ4v) is 6.22. The Morgan fingerprint density at radius 1 is 1.11 bits per heavy atom. The molecule has 0 saturated heterocycles. The van der Waals surface area contributed by atoms with Crippen molar-refractivity contribution in [2.45, 2.75) is 64.5 Å². The highest BCUT2D eigenvalue weighted by Gasteiger charge is 2.37. The van der Waals surface area contributed by atoms with Crippen LogP contribution in [0.15, 0.2) is 33.4 Å². The molecule has 0 amide bonds. The number of hydrogen-bond acceptors (Lipinski definition) is 2. The molecule has 0 aliphatic heterocycles. The van der Waals surface area contributed by atoms with E-state index in [2.05, 4.69) is 0 Å². The van der Waals surface area contributed by atoms with E-state index in [0.717, 1.165) is 30.3 Å². The summed E-state index contributed by atoms with van der Waals surface area (Å²) in [5.74, 6) is -1.10. The fraction of sp³-hybridized carbons (Fsp3) is 0.526. The average molecular weight is 514 g/mol. The summed E-state index contributed by atoms with van der Waals surface area (Å²) in [5, 5.41) is 9.80. The maximum atomic E-state index is 12.9. The Bertz CT molecular complexity index is 660. The molecule has 0 aliphatic rings. The summed E-state index contributed by atoms with van der Waals surface area (Å²) in [5.41, 5.74) is -0.207. The van der Waals surface area contributed by atoms with E-state index in [4.69, 9.17) is 4.43 Å². The van der Waals surface area contributed by atoms with Gasteiger partial charge in [0, 0.05) is 3.58 Å². The lowest BCUT2D eigenvalue weighted by Crippen LogP contribution is -2.38. The van der Waals surface area contributed by atoms with Crippen molar-refractivity contribution in [1.29, 1.82) is 0 Å². The number of rotatable bonds is 9. The van der Waals surface area contributed by atoms with Gasteiger partial charge in [-0.2, -0.15) is 13.2 Å². The Labute approximate surface area is 173 Å². The van der Waals surface area contributed by atoms with Gasteiger partial charge in [0.05, 0.1) is 11.1 Å². The van der Waals surface area contributed by atoms with Crippen molar-refractivity contribution < 1.29 is 27.5 Å². The topological polar surface area (TPSA) is 46.5 Å². The summed E-state index contributed by atoms with van der Waals surface area (Å²) in [6, 6.07) is 7.06. The molecule has 1 aromatic rings. The molecule has 0 saturated carbocycles. The Morgan fingerprint density at radius 3 is 1.93 bits per heavy atom. The second kappa shape index (κ2) is 10.1. The molecule has 0 fully saturated rings. The molecule has 0 radical (unpaired) electrons. The second-order valence-corrected chi connectivity index (χ2v) is 12.4. The van der Waals surface area contributed by atoms with E-state index in [0.29, 0.717) is 15.6 Å². The lowest BCUT2D eigenvalue weighted by atomic mass is 9.99. The number of aliphatic carboxylic acids is 1. The molecule has 1 atom stereocenters. The minimum absolute atomic E-state index is 0.116. The molecule has 1 aromatic carbocycles. The first-order valence-corrected chi connectivity index (χ1v) is 12.6. The van der Waals surface area contributed by atoms with Crippen LogP contribution in [0.5, 0.6) is 0 Å². The summed E-state index contributed by atoms with van der Waals surface area (Å²) in [6.07, 6.45) is -4.79. The molecule has 0 aromatic heterocycles. The Hall–Kier alpha value is -0.873. The van der Waals surface area contributed by atoms with Crippen LogP contribution in [0.4, 0.5) is 13.2 Å². The summed E-state index contributed by atoms with van der Waals surface area (Å²) in [6.45, 7) is 7.92. The van der Waals surface area contributed by atoms with Crippen molar-refractivity contribution in [2.75, 3.05) is 0 Å². The van der Waals surface area contributed by atoms with Gasteiger partial charge in [0.25, 0.3) is 0 Å². The Balaban J connectivity index is 3.52. The maximum Gasteiger partial charge on any atom is 0.416 e. The normalized spacial score (nSPS) is 14.7. The first kappa shape index (κ1) is 24.2. The molecule has 1 rings (SSSR count). The number of alkyl halides is 3. The Morgan fingerprint density at radius 2 is 1.59 bits per heavy atom. The number of carbonyl (C=O) groups is 1. The van der Waals surface area contributed by atoms with Gasteiger partial charge in [-0.25, -0.2) is 4.79 Å². The molecule has 1 unspecified atom stereocenters. The molecule has 27 heavy (non-hydrogen) atoms. The molecular weight excluding hydrogens is 488 g/mol. The van der Waals surface area contributed by atoms with Crippen LogP contribution < -0.4 is 0 Å². The summed E-state index contributed by atoms with van der Waals surface area (Å²) in [7, 11) is -2.20. The van der Waals surface area contributed by atoms with E-state index in [1.165, 1.54) is 12.1 Å². The number of halogens is 4. The highest BCUT2D eigenvalue weighted by molar-refractivity contribution is 14.1. The number of carboxylic acids is 1. The van der Waals surface area contributed by atoms with Crippen LogP contribution in [0.3, 0.4) is 0 Å². The predicted molar refractivity (Wildman–Crippen MR) is 111 cm³/mol. The van der Waals surface area contributed by atoms with Crippen LogP contribution in [0.25, 0.3) is 0 Å². The van der Waals surface area contributed by atoms with E-state index in [-0.39, 0.29) is 5.57 Å². The molecule has 8 heteroatoms. The highest BCUT2D eigenvalue weighted by atomic mass is 127. The molecule has 0 heterocycles. The van der Waals surface area contributed by atoms with Crippen LogP contribution in [-0.2, 0) is 15.4 Å². The number of hydrogen-bond donors (Lipinski definition) is 1. The average Bonchev–Trinajstić information content (AvgIpc) is 2.64. The third-order valence-electron chi connectivity index (χ3n) is 4.94. The van der Waals surface area contributed by atoms with Crippen LogP contribution in [0, 0.1) is 0 Å². The lowest BCUT2D eigenvalue weighted by molar-refractivity contribution is -0.137. The minimum atomic E-state index is -4.44. The van der Waals surface area contributed by atoms with Gasteiger partial charge in [-0.3, -0.25) is 0 Å². The zero-order chi connectivity index (χ0) is 20.8. The Kier molecular flexibility index (Phi) is 9.01. The van der Waals surface area contributed by atoms with E-state index >= 15 is 0 Å². The van der Waals surface area contributed by atoms with Gasteiger partial charge >= 0.3 is 12.1 Å². The van der Waals surface area contributed by atoms with Gasteiger partial charge in [-0.05, 0) is 64.8 Å². The first-order chi connectivity index (χ1) is 12.5. The number of benzene rings is 1. The summed E-state index contributed by atoms with van der Waals surface area (Å²) >= 11 is 1.99. The minimum Gasteiger partial charge on any atom is -0.478 e. The number of carboxylic acid groups (broad SMARTS) is 1. The van der Waals surface area contributed by atoms with E-state index in [9.17, 15) is 23.1 Å². The third-order valence-corrected chi connectivity index (χ3v) is 10.9. The monoisotopic (exact) mass is 514 g/mol. The maximum absolute atomic E-state index is 12.9. The van der Waals surface area contributed by atoms with Crippen molar-refractivity contribution in [3.05, 3.63) is 44.5 Å². The van der Waals surface area contributed by atoms with E-state index < -0.39 is 32.1 Å². The molecule has 0 bridgehead atoms. The largest absolute Gasteiger partial charge is 0.478 e. The van der Waals surface area contributed by atoms with Crippen molar-refractivity contribution in [3.8, 4) is 0 Å². The fourth-order valence-electron chi connectivity index (χ4n) is 2.95. The van der Waals surface area contributed by atoms with Crippen molar-refractivity contribution in [3.63, 3.8) is 0 Å². The molecule has 0 spiro atoms. The van der Waals surface area contributed by atoms with Gasteiger partial charge in [0.1, 0.15) is 6.10 Å². The predicted octanol–water partition coefficient (Wildman–Crippen LogP) is 6.95. The van der Waals surface area contributed by atoms with Gasteiger partial charge < -0.3 is 9.53 Å². The number of allylic oxidation sites excluding steroid dienone is 1. The molecule has 3 nitrogen and oxygen atoms in total. The van der Waals surface area contributed by atoms with Crippen LogP contribution in [0.1, 0.15) is 51.3 Å². The van der Waals surface area contributed by atoms with Gasteiger partial charge in [-0.15, -0.1) is 0 Å². The summed E-state index contributed by atoms with van der Waals surface area (Å²) in [4.78, 5) is 12.0. The van der Waals surface area contributed by atoms with E-state index in [1.807, 2.05) is 50.3 Å². The van der Waals surface area contributed by atoms with Gasteiger partial charge in [0.2, 0.25) is 0 Å².